The Morgan fingerprint density at radius 3 is 2.64 bits per heavy atom. The lowest BCUT2D eigenvalue weighted by Gasteiger charge is -2.36. The van der Waals surface area contributed by atoms with Crippen LogP contribution in [0, 0.1) is 0 Å². The molecule has 3 heterocycles. The highest BCUT2D eigenvalue weighted by Crippen LogP contribution is 2.32. The predicted octanol–water partition coefficient (Wildman–Crippen LogP) is 1.09. The van der Waals surface area contributed by atoms with Crippen LogP contribution in [-0.2, 0) is 9.84 Å². The predicted molar refractivity (Wildman–Crippen MR) is 85.8 cm³/mol. The normalized spacial score (nSPS) is 25.8. The molecule has 0 spiro atoms. The van der Waals surface area contributed by atoms with Crippen molar-refractivity contribution in [3.05, 3.63) is 11.9 Å². The van der Waals surface area contributed by atoms with Gasteiger partial charge in [-0.1, -0.05) is 6.92 Å². The second-order valence-corrected chi connectivity index (χ2v) is 8.55. The Kier molecular flexibility index (Phi) is 4.56. The van der Waals surface area contributed by atoms with Crippen LogP contribution in [0.2, 0.25) is 0 Å². The summed E-state index contributed by atoms with van der Waals surface area (Å²) in [5, 5.41) is 6.89. The molecule has 2 saturated heterocycles. The van der Waals surface area contributed by atoms with Crippen molar-refractivity contribution in [1.29, 1.82) is 0 Å². The maximum absolute atomic E-state index is 11.8. The van der Waals surface area contributed by atoms with Crippen LogP contribution in [0.5, 0.6) is 0 Å². The van der Waals surface area contributed by atoms with Crippen LogP contribution in [0.4, 0.5) is 0 Å². The van der Waals surface area contributed by atoms with Crippen molar-refractivity contribution in [2.24, 2.45) is 0 Å². The topological polar surface area (TPSA) is 69.3 Å². The lowest BCUT2D eigenvalue weighted by Crippen LogP contribution is -2.43. The summed E-state index contributed by atoms with van der Waals surface area (Å²) in [6.07, 6.45) is 6.17. The van der Waals surface area contributed by atoms with E-state index in [1.165, 1.54) is 38.4 Å². The van der Waals surface area contributed by atoms with Gasteiger partial charge in [-0.15, -0.1) is 0 Å². The van der Waals surface area contributed by atoms with Gasteiger partial charge in [0, 0.05) is 24.8 Å². The number of nitrogens with zero attached hydrogens (tertiary/aromatic N) is 3. The monoisotopic (exact) mass is 326 g/mol. The molecular weight excluding hydrogens is 300 g/mol. The second-order valence-electron chi connectivity index (χ2n) is 6.57. The first-order valence-corrected chi connectivity index (χ1v) is 10.1. The molecular formula is C15H26N4O2S. The van der Waals surface area contributed by atoms with Gasteiger partial charge in [0.05, 0.1) is 11.9 Å². The zero-order chi connectivity index (χ0) is 15.7. The summed E-state index contributed by atoms with van der Waals surface area (Å²) in [6, 6.07) is 0.650. The van der Waals surface area contributed by atoms with Crippen LogP contribution in [0.25, 0.3) is 0 Å². The van der Waals surface area contributed by atoms with Gasteiger partial charge in [0.1, 0.15) is 4.90 Å². The molecule has 0 radical (unpaired) electrons. The summed E-state index contributed by atoms with van der Waals surface area (Å²) in [7, 11) is -3.20. The van der Waals surface area contributed by atoms with Crippen molar-refractivity contribution in [3.8, 4) is 0 Å². The number of rotatable bonds is 4. The Hall–Kier alpha value is -0.920. The molecule has 1 N–H and O–H groups in total. The van der Waals surface area contributed by atoms with Gasteiger partial charge in [0.2, 0.25) is 0 Å². The van der Waals surface area contributed by atoms with E-state index >= 15 is 0 Å². The quantitative estimate of drug-likeness (QED) is 0.897. The minimum absolute atomic E-state index is 0.261. The van der Waals surface area contributed by atoms with Crippen molar-refractivity contribution in [2.45, 2.75) is 43.0 Å². The third-order valence-corrected chi connectivity index (χ3v) is 6.30. The van der Waals surface area contributed by atoms with Crippen molar-refractivity contribution in [3.63, 3.8) is 0 Å². The van der Waals surface area contributed by atoms with Gasteiger partial charge in [-0.25, -0.2) is 8.42 Å². The number of hydrogen-bond donors (Lipinski definition) is 1. The molecule has 0 aromatic carbocycles. The average molecular weight is 326 g/mol. The van der Waals surface area contributed by atoms with E-state index in [9.17, 15) is 8.42 Å². The van der Waals surface area contributed by atoms with E-state index < -0.39 is 9.84 Å². The molecule has 3 rings (SSSR count). The van der Waals surface area contributed by atoms with Gasteiger partial charge in [0.15, 0.2) is 9.84 Å². The van der Waals surface area contributed by atoms with E-state index in [2.05, 4.69) is 26.9 Å². The highest BCUT2D eigenvalue weighted by Gasteiger charge is 2.33. The second kappa shape index (κ2) is 6.29. The summed E-state index contributed by atoms with van der Waals surface area (Å²) in [6.45, 7) is 7.73. The molecule has 22 heavy (non-hydrogen) atoms. The lowest BCUT2D eigenvalue weighted by atomic mass is 10.0. The van der Waals surface area contributed by atoms with E-state index in [-0.39, 0.29) is 5.92 Å². The molecule has 2 aliphatic heterocycles. The molecule has 2 fully saturated rings. The van der Waals surface area contributed by atoms with Gasteiger partial charge in [0.25, 0.3) is 0 Å². The third kappa shape index (κ3) is 3.21. The van der Waals surface area contributed by atoms with E-state index in [1.54, 1.807) is 0 Å². The number of hydrogen-bond acceptors (Lipinski definition) is 5. The number of likely N-dealkylation sites (tertiary alicyclic amines) is 2. The molecule has 0 aliphatic carbocycles. The summed E-state index contributed by atoms with van der Waals surface area (Å²) >= 11 is 0. The van der Waals surface area contributed by atoms with Crippen LogP contribution < -0.4 is 0 Å². The van der Waals surface area contributed by atoms with Crippen molar-refractivity contribution < 1.29 is 8.42 Å². The molecule has 0 bridgehead atoms. The maximum Gasteiger partial charge on any atom is 0.178 e. The smallest absolute Gasteiger partial charge is 0.178 e. The van der Waals surface area contributed by atoms with Gasteiger partial charge in [-0.2, -0.15) is 5.10 Å². The molecule has 1 unspecified atom stereocenters. The number of aromatic amines is 1. The Morgan fingerprint density at radius 2 is 2.00 bits per heavy atom. The molecule has 6 nitrogen and oxygen atoms in total. The summed E-state index contributed by atoms with van der Waals surface area (Å²) < 4.78 is 23.7. The molecule has 0 saturated carbocycles. The largest absolute Gasteiger partial charge is 0.303 e. The molecule has 1 aromatic rings. The maximum atomic E-state index is 11.8. The molecule has 0 amide bonds. The minimum Gasteiger partial charge on any atom is -0.303 e. The summed E-state index contributed by atoms with van der Waals surface area (Å²) in [5.74, 6) is 0.261. The Bertz CT molecular complexity index is 605. The zero-order valence-corrected chi connectivity index (χ0v) is 14.3. The highest BCUT2D eigenvalue weighted by atomic mass is 32.2. The molecule has 1 atom stereocenters. The van der Waals surface area contributed by atoms with Gasteiger partial charge in [-0.3, -0.25) is 10.00 Å². The molecule has 2 aliphatic rings. The fraction of sp³-hybridized carbons (Fsp3) is 0.800. The number of H-pyrrole nitrogens is 1. The first kappa shape index (κ1) is 16.0. The molecule has 7 heteroatoms. The van der Waals surface area contributed by atoms with Gasteiger partial charge < -0.3 is 4.90 Å². The van der Waals surface area contributed by atoms with Crippen molar-refractivity contribution >= 4 is 9.84 Å². The van der Waals surface area contributed by atoms with Gasteiger partial charge >= 0.3 is 0 Å². The fourth-order valence-electron chi connectivity index (χ4n) is 3.83. The van der Waals surface area contributed by atoms with E-state index in [1.807, 2.05) is 0 Å². The van der Waals surface area contributed by atoms with Crippen LogP contribution in [0.15, 0.2) is 11.1 Å². The first-order chi connectivity index (χ1) is 10.5. The molecule has 124 valence electrons. The molecule has 1 aromatic heterocycles. The van der Waals surface area contributed by atoms with E-state index in [4.69, 9.17) is 0 Å². The van der Waals surface area contributed by atoms with Crippen molar-refractivity contribution in [2.75, 3.05) is 39.0 Å². The fourth-order valence-corrected chi connectivity index (χ4v) is 4.68. The third-order valence-electron chi connectivity index (χ3n) is 5.18. The average Bonchev–Trinajstić information content (AvgIpc) is 3.15. The Labute approximate surface area is 132 Å². The summed E-state index contributed by atoms with van der Waals surface area (Å²) in [4.78, 5) is 5.42. The zero-order valence-electron chi connectivity index (χ0n) is 13.5. The van der Waals surface area contributed by atoms with Crippen LogP contribution in [0.3, 0.4) is 0 Å². The van der Waals surface area contributed by atoms with Crippen LogP contribution >= 0.6 is 0 Å². The van der Waals surface area contributed by atoms with Crippen LogP contribution in [-0.4, -0.2) is 73.4 Å². The van der Waals surface area contributed by atoms with Gasteiger partial charge in [-0.05, 0) is 45.4 Å². The first-order valence-electron chi connectivity index (χ1n) is 8.18. The van der Waals surface area contributed by atoms with Crippen molar-refractivity contribution in [1.82, 2.24) is 20.0 Å². The number of aromatic nitrogens is 2. The minimum atomic E-state index is -3.20. The number of sulfone groups is 1. The SMILES string of the molecule is CCN1CCC(N2CCC(c3[nH]ncc3S(C)(=O)=O)C2)CC1. The highest BCUT2D eigenvalue weighted by molar-refractivity contribution is 7.90. The Morgan fingerprint density at radius 1 is 1.27 bits per heavy atom. The number of nitrogens with one attached hydrogen (secondary N) is 1. The standard InChI is InChI=1S/C15H26N4O2S/c1-3-18-7-5-13(6-8-18)19-9-4-12(11-19)15-14(10-16-17-15)22(2,20)21/h10,12-13H,3-9,11H2,1-2H3,(H,16,17). The van der Waals surface area contributed by atoms with E-state index in [0.717, 1.165) is 31.7 Å². The lowest BCUT2D eigenvalue weighted by molar-refractivity contribution is 0.129. The van der Waals surface area contributed by atoms with E-state index in [0.29, 0.717) is 10.9 Å². The number of piperidine rings is 1. The Balaban J connectivity index is 1.65. The summed E-state index contributed by atoms with van der Waals surface area (Å²) in [5.41, 5.74) is 0.802. The van der Waals surface area contributed by atoms with Crippen LogP contribution in [0.1, 0.15) is 37.8 Å².